The van der Waals surface area contributed by atoms with Gasteiger partial charge in [0.2, 0.25) is 0 Å². The monoisotopic (exact) mass is 137 g/mol. The molecule has 0 aliphatic carbocycles. The van der Waals surface area contributed by atoms with Crippen LogP contribution in [0.15, 0.2) is 0 Å². The zero-order chi connectivity index (χ0) is 6.85. The van der Waals surface area contributed by atoms with Gasteiger partial charge in [-0.15, -0.1) is 11.3 Å². The van der Waals surface area contributed by atoms with Gasteiger partial charge in [-0.25, -0.2) is 4.98 Å². The van der Waals surface area contributed by atoms with Crippen LogP contribution in [-0.4, -0.2) is 12.8 Å². The molecule has 0 aromatic carbocycles. The first-order valence-corrected chi connectivity index (χ1v) is 3.77. The molecule has 0 unspecified atom stereocenters. The zero-order valence-corrected chi connectivity index (χ0v) is 6.46. The van der Waals surface area contributed by atoms with Gasteiger partial charge in [-0.05, 0) is 18.1 Å². The van der Waals surface area contributed by atoms with Gasteiger partial charge in [-0.2, -0.15) is 0 Å². The van der Waals surface area contributed by atoms with E-state index >= 15 is 0 Å². The highest BCUT2D eigenvalue weighted by atomic mass is 32.1. The molecular formula is C6H8BNS. The molecule has 1 aromatic heterocycles. The molecule has 1 aromatic rings. The second kappa shape index (κ2) is 2.52. The predicted octanol–water partition coefficient (Wildman–Crippen LogP) is 0.808. The number of aromatic nitrogens is 1. The van der Waals surface area contributed by atoms with Crippen molar-refractivity contribution in [3.63, 3.8) is 0 Å². The van der Waals surface area contributed by atoms with Crippen LogP contribution in [0.4, 0.5) is 0 Å². The number of thiazole rings is 1. The first-order chi connectivity index (χ1) is 4.24. The molecule has 3 heteroatoms. The predicted molar refractivity (Wildman–Crippen MR) is 41.6 cm³/mol. The fourth-order valence-electron chi connectivity index (χ4n) is 0.739. The van der Waals surface area contributed by atoms with Crippen LogP contribution in [0.2, 0.25) is 0 Å². The van der Waals surface area contributed by atoms with Crippen LogP contribution in [0.1, 0.15) is 17.6 Å². The van der Waals surface area contributed by atoms with E-state index in [1.165, 1.54) is 0 Å². The van der Waals surface area contributed by atoms with E-state index in [1.54, 1.807) is 11.3 Å². The molecular weight excluding hydrogens is 129 g/mol. The average molecular weight is 137 g/mol. The van der Waals surface area contributed by atoms with E-state index in [2.05, 4.69) is 11.9 Å². The Morgan fingerprint density at radius 3 is 2.56 bits per heavy atom. The van der Waals surface area contributed by atoms with E-state index in [-0.39, 0.29) is 0 Å². The van der Waals surface area contributed by atoms with Gasteiger partial charge in [0.25, 0.3) is 0 Å². The lowest BCUT2D eigenvalue weighted by Gasteiger charge is -1.86. The number of rotatable bonds is 1. The summed E-state index contributed by atoms with van der Waals surface area (Å²) < 4.78 is 0.870. The third kappa shape index (κ3) is 1.33. The highest BCUT2D eigenvalue weighted by molar-refractivity contribution is 7.19. The van der Waals surface area contributed by atoms with Gasteiger partial charge >= 0.3 is 0 Å². The van der Waals surface area contributed by atoms with E-state index in [9.17, 15) is 0 Å². The van der Waals surface area contributed by atoms with E-state index in [1.807, 2.05) is 6.92 Å². The van der Waals surface area contributed by atoms with Crippen LogP contribution < -0.4 is 4.78 Å². The maximum atomic E-state index is 5.61. The molecule has 0 aliphatic heterocycles. The molecule has 0 atom stereocenters. The number of nitrogens with zero attached hydrogens (tertiary/aromatic N) is 1. The third-order valence-electron chi connectivity index (χ3n) is 1.17. The van der Waals surface area contributed by atoms with Crippen molar-refractivity contribution >= 4 is 24.0 Å². The summed E-state index contributed by atoms with van der Waals surface area (Å²) in [5, 5.41) is 1.06. The lowest BCUT2D eigenvalue weighted by atomic mass is 10.1. The van der Waals surface area contributed by atoms with Crippen LogP contribution in [-0.2, 0) is 6.42 Å². The Balaban J connectivity index is 3.01. The maximum absolute atomic E-state index is 5.61. The van der Waals surface area contributed by atoms with E-state index in [0.717, 1.165) is 21.9 Å². The average Bonchev–Trinajstić information content (AvgIpc) is 2.10. The van der Waals surface area contributed by atoms with Gasteiger partial charge in [0.15, 0.2) is 0 Å². The van der Waals surface area contributed by atoms with Crippen LogP contribution >= 0.6 is 11.3 Å². The topological polar surface area (TPSA) is 12.9 Å². The lowest BCUT2D eigenvalue weighted by molar-refractivity contribution is 1.05. The standard InChI is InChI=1S/C6H8BNS/c1-3-5-6(7)9-4(2)8-5/h3H2,1-2H3. The zero-order valence-electron chi connectivity index (χ0n) is 5.64. The molecule has 1 heterocycles. The molecule has 0 aliphatic rings. The number of hydrogen-bond donors (Lipinski definition) is 0. The molecule has 0 fully saturated rings. The molecule has 2 radical (unpaired) electrons. The summed E-state index contributed by atoms with van der Waals surface area (Å²) in [5.41, 5.74) is 1.04. The van der Waals surface area contributed by atoms with Crippen LogP contribution in [0, 0.1) is 6.92 Å². The molecule has 0 bridgehead atoms. The van der Waals surface area contributed by atoms with Crippen LogP contribution in [0.25, 0.3) is 0 Å². The minimum atomic E-state index is 0.870. The summed E-state index contributed by atoms with van der Waals surface area (Å²) in [6.07, 6.45) is 0.941. The van der Waals surface area contributed by atoms with Crippen molar-refractivity contribution in [2.75, 3.05) is 0 Å². The highest BCUT2D eigenvalue weighted by Gasteiger charge is 1.99. The Morgan fingerprint density at radius 1 is 1.67 bits per heavy atom. The SMILES string of the molecule is [B]c1sc(C)nc1CC. The number of hydrogen-bond acceptors (Lipinski definition) is 2. The number of aryl methyl sites for hydroxylation is 2. The van der Waals surface area contributed by atoms with E-state index in [4.69, 9.17) is 7.85 Å². The summed E-state index contributed by atoms with van der Waals surface area (Å²) in [4.78, 5) is 4.22. The lowest BCUT2D eigenvalue weighted by Crippen LogP contribution is -2.02. The van der Waals surface area contributed by atoms with Gasteiger partial charge in [0, 0.05) is 5.69 Å². The summed E-state index contributed by atoms with van der Waals surface area (Å²) in [7, 11) is 5.61. The molecule has 0 saturated carbocycles. The van der Waals surface area contributed by atoms with Crippen molar-refractivity contribution in [2.24, 2.45) is 0 Å². The molecule has 0 N–H and O–H groups in total. The molecule has 0 amide bonds. The van der Waals surface area contributed by atoms with Crippen molar-refractivity contribution in [3.05, 3.63) is 10.7 Å². The Bertz CT molecular complexity index is 207. The Hall–Kier alpha value is -0.305. The summed E-state index contributed by atoms with van der Waals surface area (Å²) in [6.45, 7) is 4.03. The largest absolute Gasteiger partial charge is 0.247 e. The van der Waals surface area contributed by atoms with Crippen LogP contribution in [0.3, 0.4) is 0 Å². The Morgan fingerprint density at radius 2 is 2.33 bits per heavy atom. The second-order valence-corrected chi connectivity index (χ2v) is 3.13. The van der Waals surface area contributed by atoms with E-state index < -0.39 is 0 Å². The van der Waals surface area contributed by atoms with Crippen LogP contribution in [0.5, 0.6) is 0 Å². The van der Waals surface area contributed by atoms with Crippen molar-refractivity contribution in [2.45, 2.75) is 20.3 Å². The molecule has 1 nitrogen and oxygen atoms in total. The van der Waals surface area contributed by atoms with Gasteiger partial charge in [0.05, 0.1) is 5.01 Å². The first-order valence-electron chi connectivity index (χ1n) is 2.95. The highest BCUT2D eigenvalue weighted by Crippen LogP contribution is 2.03. The van der Waals surface area contributed by atoms with Crippen molar-refractivity contribution in [1.82, 2.24) is 4.98 Å². The fourth-order valence-corrected chi connectivity index (χ4v) is 1.52. The minimum absolute atomic E-state index is 0.870. The van der Waals surface area contributed by atoms with E-state index in [0.29, 0.717) is 0 Å². The molecule has 46 valence electrons. The van der Waals surface area contributed by atoms with Gasteiger partial charge in [0.1, 0.15) is 7.85 Å². The third-order valence-corrected chi connectivity index (χ3v) is 2.01. The smallest absolute Gasteiger partial charge is 0.131 e. The summed E-state index contributed by atoms with van der Waals surface area (Å²) in [5.74, 6) is 0. The normalized spacial score (nSPS) is 10.0. The fraction of sp³-hybridized carbons (Fsp3) is 0.500. The summed E-state index contributed by atoms with van der Waals surface area (Å²) >= 11 is 1.56. The maximum Gasteiger partial charge on any atom is 0.131 e. The van der Waals surface area contributed by atoms with Crippen molar-refractivity contribution < 1.29 is 0 Å². The van der Waals surface area contributed by atoms with Gasteiger partial charge < -0.3 is 0 Å². The molecule has 9 heavy (non-hydrogen) atoms. The second-order valence-electron chi connectivity index (χ2n) is 1.90. The Kier molecular flexibility index (Phi) is 1.91. The molecule has 0 saturated heterocycles. The van der Waals surface area contributed by atoms with Crippen molar-refractivity contribution in [3.8, 4) is 0 Å². The Labute approximate surface area is 60.5 Å². The first kappa shape index (κ1) is 6.81. The van der Waals surface area contributed by atoms with Gasteiger partial charge in [-0.3, -0.25) is 0 Å². The molecule has 0 spiro atoms. The van der Waals surface area contributed by atoms with Gasteiger partial charge in [-0.1, -0.05) is 6.92 Å². The summed E-state index contributed by atoms with van der Waals surface area (Å²) in [6, 6.07) is 0. The quantitative estimate of drug-likeness (QED) is 0.522. The minimum Gasteiger partial charge on any atom is -0.247 e. The van der Waals surface area contributed by atoms with Crippen molar-refractivity contribution in [1.29, 1.82) is 0 Å². The molecule has 1 rings (SSSR count).